The normalized spacial score (nSPS) is 19.3. The molecule has 6 heteroatoms. The van der Waals surface area contributed by atoms with E-state index in [1.807, 2.05) is 26.8 Å². The number of carbonyl (C=O) groups excluding carboxylic acids is 1. The molecule has 1 aliphatic rings. The molecule has 1 aliphatic heterocycles. The number of nitrogens with one attached hydrogen (secondary N) is 1. The molecule has 6 nitrogen and oxygen atoms in total. The van der Waals surface area contributed by atoms with Gasteiger partial charge >= 0.3 is 6.09 Å². The fourth-order valence-corrected chi connectivity index (χ4v) is 2.15. The highest BCUT2D eigenvalue weighted by Crippen LogP contribution is 2.31. The summed E-state index contributed by atoms with van der Waals surface area (Å²) in [7, 11) is 0. The van der Waals surface area contributed by atoms with E-state index >= 15 is 0 Å². The van der Waals surface area contributed by atoms with Crippen LogP contribution in [0.1, 0.15) is 51.2 Å². The summed E-state index contributed by atoms with van der Waals surface area (Å²) in [4.78, 5) is 20.9. The number of amides is 1. The van der Waals surface area contributed by atoms with E-state index in [0.717, 1.165) is 12.8 Å². The zero-order valence-corrected chi connectivity index (χ0v) is 11.4. The molecule has 2 rings (SSSR count). The lowest BCUT2D eigenvalue weighted by molar-refractivity contribution is 0.0218. The summed E-state index contributed by atoms with van der Waals surface area (Å²) in [6.45, 7) is 6.19. The number of hydrogen-bond donors (Lipinski definition) is 1. The van der Waals surface area contributed by atoms with Gasteiger partial charge in [-0.3, -0.25) is 4.90 Å². The lowest BCUT2D eigenvalue weighted by atomic mass is 10.2. The predicted octanol–water partition coefficient (Wildman–Crippen LogP) is 2.35. The molecule has 1 amide bonds. The Morgan fingerprint density at radius 1 is 1.63 bits per heavy atom. The number of rotatable bonds is 1. The molecular weight excluding hydrogens is 244 g/mol. The summed E-state index contributed by atoms with van der Waals surface area (Å²) >= 11 is 0. The third kappa shape index (κ3) is 3.05. The standard InChI is InChI=1S/C13H18N4O2/c1-13(2,3)19-12(18)17-6-4-5-10(17)11-15-8-9(7-14)16-11/h8,10H,4-6H2,1-3H3,(H,15,16)/t10-/m0/s1. The molecule has 1 aromatic rings. The first-order valence-corrected chi connectivity index (χ1v) is 6.35. The number of carbonyl (C=O) groups is 1. The van der Waals surface area contributed by atoms with Gasteiger partial charge in [-0.2, -0.15) is 5.26 Å². The van der Waals surface area contributed by atoms with Gasteiger partial charge in [0.15, 0.2) is 0 Å². The van der Waals surface area contributed by atoms with Gasteiger partial charge in [-0.05, 0) is 33.6 Å². The van der Waals surface area contributed by atoms with Crippen LogP contribution in [0.3, 0.4) is 0 Å². The van der Waals surface area contributed by atoms with Gasteiger partial charge < -0.3 is 9.72 Å². The van der Waals surface area contributed by atoms with E-state index < -0.39 is 5.60 Å². The van der Waals surface area contributed by atoms with Gasteiger partial charge in [0, 0.05) is 6.54 Å². The molecular formula is C13H18N4O2. The minimum atomic E-state index is -0.509. The Morgan fingerprint density at radius 3 is 2.95 bits per heavy atom. The van der Waals surface area contributed by atoms with Crippen molar-refractivity contribution >= 4 is 6.09 Å². The Balaban J connectivity index is 2.13. The summed E-state index contributed by atoms with van der Waals surface area (Å²) in [5, 5.41) is 8.80. The summed E-state index contributed by atoms with van der Waals surface area (Å²) in [6.07, 6.45) is 2.90. The molecule has 2 heterocycles. The van der Waals surface area contributed by atoms with Crippen LogP contribution in [-0.4, -0.2) is 33.1 Å². The van der Waals surface area contributed by atoms with Gasteiger partial charge in [0.1, 0.15) is 23.2 Å². The molecule has 1 saturated heterocycles. The van der Waals surface area contributed by atoms with Crippen molar-refractivity contribution in [3.8, 4) is 6.07 Å². The van der Waals surface area contributed by atoms with Crippen molar-refractivity contribution in [3.05, 3.63) is 17.7 Å². The van der Waals surface area contributed by atoms with Gasteiger partial charge in [-0.1, -0.05) is 0 Å². The second-order valence-electron chi connectivity index (χ2n) is 5.63. The fourth-order valence-electron chi connectivity index (χ4n) is 2.15. The fraction of sp³-hybridized carbons (Fsp3) is 0.615. The number of likely N-dealkylation sites (tertiary alicyclic amines) is 1. The Labute approximate surface area is 112 Å². The molecule has 0 unspecified atom stereocenters. The van der Waals surface area contributed by atoms with E-state index in [4.69, 9.17) is 10.00 Å². The zero-order chi connectivity index (χ0) is 14.0. The molecule has 0 saturated carbocycles. The van der Waals surface area contributed by atoms with Gasteiger partial charge in [0.2, 0.25) is 0 Å². The summed E-state index contributed by atoms with van der Waals surface area (Å²) in [6, 6.07) is 1.87. The molecule has 0 radical (unpaired) electrons. The summed E-state index contributed by atoms with van der Waals surface area (Å²) < 4.78 is 5.39. The van der Waals surface area contributed by atoms with E-state index in [9.17, 15) is 4.79 Å². The van der Waals surface area contributed by atoms with E-state index in [0.29, 0.717) is 18.1 Å². The van der Waals surface area contributed by atoms with Gasteiger partial charge in [-0.15, -0.1) is 0 Å². The lowest BCUT2D eigenvalue weighted by Gasteiger charge is -2.27. The van der Waals surface area contributed by atoms with Crippen LogP contribution in [0, 0.1) is 11.3 Å². The first-order valence-electron chi connectivity index (χ1n) is 6.35. The third-order valence-electron chi connectivity index (χ3n) is 2.91. The molecule has 19 heavy (non-hydrogen) atoms. The minimum Gasteiger partial charge on any atom is -0.444 e. The van der Waals surface area contributed by atoms with E-state index in [-0.39, 0.29) is 12.1 Å². The van der Waals surface area contributed by atoms with Crippen LogP contribution in [0.4, 0.5) is 4.79 Å². The van der Waals surface area contributed by atoms with E-state index in [1.54, 1.807) is 4.90 Å². The van der Waals surface area contributed by atoms with Crippen molar-refractivity contribution in [1.29, 1.82) is 5.26 Å². The Morgan fingerprint density at radius 2 is 2.37 bits per heavy atom. The van der Waals surface area contributed by atoms with E-state index in [2.05, 4.69) is 9.97 Å². The van der Waals surface area contributed by atoms with Crippen LogP contribution in [0.5, 0.6) is 0 Å². The van der Waals surface area contributed by atoms with Crippen molar-refractivity contribution in [1.82, 2.24) is 14.9 Å². The van der Waals surface area contributed by atoms with Gasteiger partial charge in [0.25, 0.3) is 0 Å². The number of ether oxygens (including phenoxy) is 1. The first-order chi connectivity index (χ1) is 8.90. The number of hydrogen-bond acceptors (Lipinski definition) is 4. The van der Waals surface area contributed by atoms with Crippen LogP contribution < -0.4 is 0 Å². The second kappa shape index (κ2) is 4.92. The van der Waals surface area contributed by atoms with Gasteiger partial charge in [-0.25, -0.2) is 9.78 Å². The predicted molar refractivity (Wildman–Crippen MR) is 68.2 cm³/mol. The molecule has 1 N–H and O–H groups in total. The Bertz CT molecular complexity index is 509. The maximum absolute atomic E-state index is 12.1. The maximum Gasteiger partial charge on any atom is 0.410 e. The number of imidazole rings is 1. The highest BCUT2D eigenvalue weighted by atomic mass is 16.6. The Hall–Kier alpha value is -2.03. The van der Waals surface area contributed by atoms with E-state index in [1.165, 1.54) is 6.20 Å². The number of nitriles is 1. The third-order valence-corrected chi connectivity index (χ3v) is 2.91. The molecule has 1 atom stereocenters. The quantitative estimate of drug-likeness (QED) is 0.842. The van der Waals surface area contributed by atoms with Crippen LogP contribution in [0.2, 0.25) is 0 Å². The topological polar surface area (TPSA) is 82.0 Å². The van der Waals surface area contributed by atoms with Crippen LogP contribution in [0.25, 0.3) is 0 Å². The first kappa shape index (κ1) is 13.4. The van der Waals surface area contributed by atoms with Crippen LogP contribution >= 0.6 is 0 Å². The SMILES string of the molecule is CC(C)(C)OC(=O)N1CCC[C@H]1c1ncc(C#N)[nH]1. The number of nitrogens with zero attached hydrogens (tertiary/aromatic N) is 3. The van der Waals surface area contributed by atoms with Crippen molar-refractivity contribution in [2.45, 2.75) is 45.3 Å². The van der Waals surface area contributed by atoms with Crippen LogP contribution in [0.15, 0.2) is 6.20 Å². The highest BCUT2D eigenvalue weighted by Gasteiger charge is 2.34. The van der Waals surface area contributed by atoms with Gasteiger partial charge in [0.05, 0.1) is 12.2 Å². The molecule has 0 bridgehead atoms. The number of aromatic amines is 1. The molecule has 0 aromatic carbocycles. The lowest BCUT2D eigenvalue weighted by Crippen LogP contribution is -2.36. The summed E-state index contributed by atoms with van der Waals surface area (Å²) in [5.74, 6) is 0.653. The van der Waals surface area contributed by atoms with Crippen molar-refractivity contribution in [2.24, 2.45) is 0 Å². The minimum absolute atomic E-state index is 0.128. The largest absolute Gasteiger partial charge is 0.444 e. The second-order valence-corrected chi connectivity index (χ2v) is 5.63. The molecule has 1 fully saturated rings. The molecule has 1 aromatic heterocycles. The average Bonchev–Trinajstić information content (AvgIpc) is 2.95. The van der Waals surface area contributed by atoms with Crippen molar-refractivity contribution < 1.29 is 9.53 Å². The number of H-pyrrole nitrogens is 1. The molecule has 0 spiro atoms. The molecule has 0 aliphatic carbocycles. The Kier molecular flexibility index (Phi) is 3.47. The monoisotopic (exact) mass is 262 g/mol. The smallest absolute Gasteiger partial charge is 0.410 e. The van der Waals surface area contributed by atoms with Crippen molar-refractivity contribution in [3.63, 3.8) is 0 Å². The molecule has 102 valence electrons. The zero-order valence-electron chi connectivity index (χ0n) is 11.4. The average molecular weight is 262 g/mol. The highest BCUT2D eigenvalue weighted by molar-refractivity contribution is 5.69. The van der Waals surface area contributed by atoms with Crippen LogP contribution in [-0.2, 0) is 4.74 Å². The number of aromatic nitrogens is 2. The van der Waals surface area contributed by atoms with Crippen molar-refractivity contribution in [2.75, 3.05) is 6.54 Å². The summed E-state index contributed by atoms with van der Waals surface area (Å²) in [5.41, 5.74) is -0.100. The maximum atomic E-state index is 12.1.